The van der Waals surface area contributed by atoms with Crippen LogP contribution >= 0.6 is 35.6 Å². The minimum atomic E-state index is 0. The summed E-state index contributed by atoms with van der Waals surface area (Å²) in [5.74, 6) is 2.77. The SMILES string of the molecule is CN=C(NCCc1nc(-c2ccc(Cl)cc2)no1)NC1CCOc2ccccc21.I. The van der Waals surface area contributed by atoms with Gasteiger partial charge in [-0.2, -0.15) is 4.98 Å². The first-order valence-corrected chi connectivity index (χ1v) is 9.88. The van der Waals surface area contributed by atoms with E-state index in [0.717, 1.165) is 29.3 Å². The van der Waals surface area contributed by atoms with E-state index in [9.17, 15) is 0 Å². The molecule has 1 aliphatic heterocycles. The Labute approximate surface area is 197 Å². The number of guanidine groups is 1. The molecule has 1 aliphatic rings. The maximum atomic E-state index is 5.92. The van der Waals surface area contributed by atoms with E-state index in [-0.39, 0.29) is 30.0 Å². The number of hydrogen-bond acceptors (Lipinski definition) is 5. The molecular weight excluding hydrogens is 517 g/mol. The molecule has 2 aromatic carbocycles. The third-order valence-corrected chi connectivity index (χ3v) is 4.95. The third-order valence-electron chi connectivity index (χ3n) is 4.69. The van der Waals surface area contributed by atoms with Gasteiger partial charge in [-0.15, -0.1) is 24.0 Å². The number of rotatable bonds is 5. The molecule has 4 rings (SSSR count). The lowest BCUT2D eigenvalue weighted by Crippen LogP contribution is -2.41. The Balaban J connectivity index is 0.00000256. The standard InChI is InChI=1S/C21H22ClN5O2.HI/c1-23-21(25-17-11-13-28-18-5-3-2-4-16(17)18)24-12-10-19-26-20(27-29-19)14-6-8-15(22)9-7-14;/h2-9,17H,10-13H2,1H3,(H2,23,24,25);1H. The highest BCUT2D eigenvalue weighted by molar-refractivity contribution is 14.0. The number of aromatic nitrogens is 2. The van der Waals surface area contributed by atoms with Crippen molar-refractivity contribution in [1.29, 1.82) is 0 Å². The van der Waals surface area contributed by atoms with E-state index in [1.165, 1.54) is 0 Å². The number of para-hydroxylation sites is 1. The summed E-state index contributed by atoms with van der Waals surface area (Å²) in [4.78, 5) is 8.76. The van der Waals surface area contributed by atoms with Crippen molar-refractivity contribution in [2.45, 2.75) is 18.9 Å². The van der Waals surface area contributed by atoms with Gasteiger partial charge in [0.15, 0.2) is 5.96 Å². The zero-order valence-corrected chi connectivity index (χ0v) is 19.6. The summed E-state index contributed by atoms with van der Waals surface area (Å²) in [5.41, 5.74) is 2.01. The third kappa shape index (κ3) is 5.42. The Morgan fingerprint density at radius 1 is 1.20 bits per heavy atom. The van der Waals surface area contributed by atoms with Crippen molar-refractivity contribution in [2.24, 2.45) is 4.99 Å². The van der Waals surface area contributed by atoms with Crippen LogP contribution in [0.25, 0.3) is 11.4 Å². The molecule has 0 radical (unpaired) electrons. The number of fused-ring (bicyclic) bond motifs is 1. The molecule has 30 heavy (non-hydrogen) atoms. The van der Waals surface area contributed by atoms with E-state index in [1.807, 2.05) is 30.3 Å². The van der Waals surface area contributed by atoms with Crippen LogP contribution in [0, 0.1) is 0 Å². The maximum absolute atomic E-state index is 5.92. The van der Waals surface area contributed by atoms with Crippen LogP contribution in [0.3, 0.4) is 0 Å². The van der Waals surface area contributed by atoms with Crippen molar-refractivity contribution in [2.75, 3.05) is 20.2 Å². The Morgan fingerprint density at radius 3 is 2.80 bits per heavy atom. The lowest BCUT2D eigenvalue weighted by Gasteiger charge is -2.28. The minimum Gasteiger partial charge on any atom is -0.493 e. The van der Waals surface area contributed by atoms with Crippen LogP contribution < -0.4 is 15.4 Å². The summed E-state index contributed by atoms with van der Waals surface area (Å²) in [7, 11) is 1.76. The zero-order chi connectivity index (χ0) is 20.1. The zero-order valence-electron chi connectivity index (χ0n) is 16.5. The first-order valence-electron chi connectivity index (χ1n) is 9.50. The lowest BCUT2D eigenvalue weighted by molar-refractivity contribution is 0.261. The Morgan fingerprint density at radius 2 is 2.00 bits per heavy atom. The van der Waals surface area contributed by atoms with Crippen molar-refractivity contribution in [1.82, 2.24) is 20.8 Å². The highest BCUT2D eigenvalue weighted by atomic mass is 127. The molecule has 1 unspecified atom stereocenters. The van der Waals surface area contributed by atoms with Gasteiger partial charge < -0.3 is 19.9 Å². The topological polar surface area (TPSA) is 84.6 Å². The molecule has 3 aromatic rings. The molecular formula is C21H23ClIN5O2. The average Bonchev–Trinajstić information content (AvgIpc) is 3.22. The highest BCUT2D eigenvalue weighted by Gasteiger charge is 2.21. The average molecular weight is 540 g/mol. The van der Waals surface area contributed by atoms with Crippen LogP contribution in [0.1, 0.15) is 23.9 Å². The number of ether oxygens (including phenoxy) is 1. The maximum Gasteiger partial charge on any atom is 0.228 e. The van der Waals surface area contributed by atoms with Crippen molar-refractivity contribution in [3.8, 4) is 17.1 Å². The summed E-state index contributed by atoms with van der Waals surface area (Å²) >= 11 is 5.92. The Hall–Kier alpha value is -2.33. The second kappa shape index (κ2) is 10.6. The van der Waals surface area contributed by atoms with Gasteiger partial charge in [-0.25, -0.2) is 0 Å². The second-order valence-corrected chi connectivity index (χ2v) is 7.08. The highest BCUT2D eigenvalue weighted by Crippen LogP contribution is 2.31. The molecule has 2 N–H and O–H groups in total. The van der Waals surface area contributed by atoms with Crippen molar-refractivity contribution in [3.05, 3.63) is 65.0 Å². The largest absolute Gasteiger partial charge is 0.493 e. The van der Waals surface area contributed by atoms with Gasteiger partial charge in [-0.3, -0.25) is 4.99 Å². The van der Waals surface area contributed by atoms with Gasteiger partial charge in [0.05, 0.1) is 12.6 Å². The number of halogens is 2. The molecule has 158 valence electrons. The second-order valence-electron chi connectivity index (χ2n) is 6.64. The first kappa shape index (κ1) is 22.4. The smallest absolute Gasteiger partial charge is 0.228 e. The number of benzene rings is 2. The first-order chi connectivity index (χ1) is 14.2. The van der Waals surface area contributed by atoms with Crippen LogP contribution in [0.5, 0.6) is 5.75 Å². The van der Waals surface area contributed by atoms with E-state index in [1.54, 1.807) is 19.2 Å². The van der Waals surface area contributed by atoms with Crippen LogP contribution in [0.15, 0.2) is 58.0 Å². The summed E-state index contributed by atoms with van der Waals surface area (Å²) < 4.78 is 11.1. The van der Waals surface area contributed by atoms with Gasteiger partial charge in [0, 0.05) is 42.6 Å². The molecule has 9 heteroatoms. The van der Waals surface area contributed by atoms with E-state index < -0.39 is 0 Å². The molecule has 0 amide bonds. The Kier molecular flexibility index (Phi) is 7.92. The summed E-state index contributed by atoms with van der Waals surface area (Å²) in [6.45, 7) is 1.30. The molecule has 0 spiro atoms. The van der Waals surface area contributed by atoms with Gasteiger partial charge in [0.2, 0.25) is 11.7 Å². The van der Waals surface area contributed by atoms with E-state index in [0.29, 0.717) is 36.3 Å². The monoisotopic (exact) mass is 539 g/mol. The van der Waals surface area contributed by atoms with Crippen molar-refractivity contribution >= 4 is 41.5 Å². The predicted octanol–water partition coefficient (Wildman–Crippen LogP) is 4.24. The summed E-state index contributed by atoms with van der Waals surface area (Å²) in [5, 5.41) is 11.5. The van der Waals surface area contributed by atoms with Crippen LogP contribution in [0.2, 0.25) is 5.02 Å². The fraction of sp³-hybridized carbons (Fsp3) is 0.286. The fourth-order valence-electron chi connectivity index (χ4n) is 3.21. The molecule has 0 saturated carbocycles. The molecule has 1 atom stereocenters. The number of nitrogens with one attached hydrogen (secondary N) is 2. The molecule has 7 nitrogen and oxygen atoms in total. The number of aliphatic imine (C=N–C) groups is 1. The molecule has 0 fully saturated rings. The number of nitrogens with zero attached hydrogens (tertiary/aromatic N) is 3. The van der Waals surface area contributed by atoms with Gasteiger partial charge >= 0.3 is 0 Å². The molecule has 0 saturated heterocycles. The molecule has 1 aromatic heterocycles. The van der Waals surface area contributed by atoms with Crippen molar-refractivity contribution in [3.63, 3.8) is 0 Å². The Bertz CT molecular complexity index is 993. The molecule has 0 aliphatic carbocycles. The summed E-state index contributed by atoms with van der Waals surface area (Å²) in [6.07, 6.45) is 1.47. The van der Waals surface area contributed by atoms with Crippen molar-refractivity contribution < 1.29 is 9.26 Å². The normalized spacial score (nSPS) is 15.5. The van der Waals surface area contributed by atoms with Gasteiger partial charge in [-0.1, -0.05) is 35.0 Å². The summed E-state index contributed by atoms with van der Waals surface area (Å²) in [6, 6.07) is 15.6. The van der Waals surface area contributed by atoms with E-state index >= 15 is 0 Å². The van der Waals surface area contributed by atoms with Gasteiger partial charge in [-0.05, 0) is 30.3 Å². The van der Waals surface area contributed by atoms with Crippen LogP contribution in [0.4, 0.5) is 0 Å². The minimum absolute atomic E-state index is 0. The van der Waals surface area contributed by atoms with Crippen LogP contribution in [-0.2, 0) is 6.42 Å². The van der Waals surface area contributed by atoms with Gasteiger partial charge in [0.25, 0.3) is 0 Å². The molecule has 2 heterocycles. The molecule has 0 bridgehead atoms. The van der Waals surface area contributed by atoms with Crippen LogP contribution in [-0.4, -0.2) is 36.3 Å². The quantitative estimate of drug-likeness (QED) is 0.287. The van der Waals surface area contributed by atoms with E-state index in [2.05, 4.69) is 31.8 Å². The fourth-order valence-corrected chi connectivity index (χ4v) is 3.34. The number of hydrogen-bond donors (Lipinski definition) is 2. The van der Waals surface area contributed by atoms with Gasteiger partial charge in [0.1, 0.15) is 5.75 Å². The van der Waals surface area contributed by atoms with E-state index in [4.69, 9.17) is 20.9 Å². The lowest BCUT2D eigenvalue weighted by atomic mass is 10.0. The predicted molar refractivity (Wildman–Crippen MR) is 128 cm³/mol.